The van der Waals surface area contributed by atoms with E-state index < -0.39 is 0 Å². The van der Waals surface area contributed by atoms with E-state index in [9.17, 15) is 0 Å². The molecule has 1 aliphatic rings. The maximum atomic E-state index is 5.41. The summed E-state index contributed by atoms with van der Waals surface area (Å²) in [6, 6.07) is 84.4. The van der Waals surface area contributed by atoms with Crippen LogP contribution in [0.25, 0.3) is 98.1 Å². The van der Waals surface area contributed by atoms with Gasteiger partial charge in [0.15, 0.2) is 0 Å². The zero-order chi connectivity index (χ0) is 45.0. The highest BCUT2D eigenvalue weighted by molar-refractivity contribution is 7.24. The molecule has 4 nitrogen and oxygen atoms in total. The molecule has 0 bridgehead atoms. The Hall–Kier alpha value is -8.64. The smallest absolute Gasteiger partial charge is 0.134 e. The van der Waals surface area contributed by atoms with Gasteiger partial charge in [0.2, 0.25) is 0 Å². The first kappa shape index (κ1) is 39.7. The molecule has 1 atom stereocenters. The molecule has 320 valence electrons. The number of rotatable bonds is 8. The number of amidine groups is 1. The molecule has 0 saturated carbocycles. The summed E-state index contributed by atoms with van der Waals surface area (Å²) in [6.07, 6.45) is 2.26. The molecule has 1 N–H and O–H groups in total. The first-order valence-corrected chi connectivity index (χ1v) is 23.9. The Kier molecular flexibility index (Phi) is 9.73. The topological polar surface area (TPSA) is 42.2 Å². The summed E-state index contributed by atoms with van der Waals surface area (Å²) in [6.45, 7) is 0. The Morgan fingerprint density at radius 2 is 0.985 bits per heavy atom. The van der Waals surface area contributed by atoms with Crippen LogP contribution in [0.1, 0.15) is 22.7 Å². The second kappa shape index (κ2) is 16.7. The summed E-state index contributed by atoms with van der Waals surface area (Å²) < 4.78 is 3.63. The number of benzene rings is 9. The minimum atomic E-state index is -0.109. The van der Waals surface area contributed by atoms with Crippen molar-refractivity contribution in [2.45, 2.75) is 6.04 Å². The average Bonchev–Trinajstić information content (AvgIpc) is 3.99. The van der Waals surface area contributed by atoms with Gasteiger partial charge in [-0.3, -0.25) is 0 Å². The Bertz CT molecular complexity index is 3850. The minimum Gasteiger partial charge on any atom is -0.359 e. The van der Waals surface area contributed by atoms with Crippen molar-refractivity contribution < 1.29 is 0 Å². The number of thiophene rings is 1. The molecule has 68 heavy (non-hydrogen) atoms. The number of hydrogen-bond donors (Lipinski definition) is 1. The maximum Gasteiger partial charge on any atom is 0.134 e. The van der Waals surface area contributed by atoms with E-state index in [1.54, 1.807) is 0 Å². The second-order valence-corrected chi connectivity index (χ2v) is 18.4. The summed E-state index contributed by atoms with van der Waals surface area (Å²) in [5, 5.41) is 8.66. The SMILES string of the molecule is C1=C(c2ccc(-c3ccc(-c4nc5ccccc5c5sc(-c6ccccc6)c(-c6ccccc6)c45)cc3)cc2)N=C(c2ccccc2)NC1c1cccc(-n2c3ccccc3c3ccccc32)c1. The van der Waals surface area contributed by atoms with Gasteiger partial charge in [0.05, 0.1) is 34.0 Å². The highest BCUT2D eigenvalue weighted by atomic mass is 32.1. The Morgan fingerprint density at radius 3 is 1.65 bits per heavy atom. The van der Waals surface area contributed by atoms with Crippen LogP contribution in [0.3, 0.4) is 0 Å². The number of aromatic nitrogens is 2. The van der Waals surface area contributed by atoms with Crippen LogP contribution in [-0.4, -0.2) is 15.4 Å². The molecule has 1 unspecified atom stereocenters. The highest BCUT2D eigenvalue weighted by Crippen LogP contribution is 2.50. The van der Waals surface area contributed by atoms with Crippen molar-refractivity contribution in [2.75, 3.05) is 0 Å². The van der Waals surface area contributed by atoms with Crippen molar-refractivity contribution in [3.05, 3.63) is 259 Å². The van der Waals surface area contributed by atoms with Crippen molar-refractivity contribution in [3.63, 3.8) is 0 Å². The number of hydrogen-bond acceptors (Lipinski definition) is 4. The van der Waals surface area contributed by atoms with Gasteiger partial charge in [0.25, 0.3) is 0 Å². The summed E-state index contributed by atoms with van der Waals surface area (Å²) >= 11 is 1.86. The van der Waals surface area contributed by atoms with Gasteiger partial charge in [-0.2, -0.15) is 0 Å². The monoisotopic (exact) mass is 886 g/mol. The van der Waals surface area contributed by atoms with E-state index in [-0.39, 0.29) is 6.04 Å². The fourth-order valence-corrected chi connectivity index (χ4v) is 11.4. The van der Waals surface area contributed by atoms with Gasteiger partial charge in [0.1, 0.15) is 5.84 Å². The largest absolute Gasteiger partial charge is 0.359 e. The summed E-state index contributed by atoms with van der Waals surface area (Å²) in [7, 11) is 0. The van der Waals surface area contributed by atoms with Crippen molar-refractivity contribution in [1.29, 1.82) is 0 Å². The summed E-state index contributed by atoms with van der Waals surface area (Å²) in [4.78, 5) is 11.9. The molecule has 12 aromatic rings. The molecule has 0 radical (unpaired) electrons. The van der Waals surface area contributed by atoms with Gasteiger partial charge >= 0.3 is 0 Å². The molecule has 0 saturated heterocycles. The molecule has 0 spiro atoms. The average molecular weight is 887 g/mol. The van der Waals surface area contributed by atoms with Gasteiger partial charge in [-0.05, 0) is 69.8 Å². The molecular formula is C63H42N4S. The fourth-order valence-electron chi connectivity index (χ4n) is 10.0. The third kappa shape index (κ3) is 6.91. The van der Waals surface area contributed by atoms with Crippen LogP contribution in [-0.2, 0) is 0 Å². The zero-order valence-electron chi connectivity index (χ0n) is 36.9. The molecule has 1 aliphatic heterocycles. The lowest BCUT2D eigenvalue weighted by Gasteiger charge is -2.25. The molecule has 0 amide bonds. The molecule has 3 aromatic heterocycles. The maximum absolute atomic E-state index is 5.41. The van der Waals surface area contributed by atoms with E-state index in [0.29, 0.717) is 0 Å². The molecular weight excluding hydrogens is 845 g/mol. The van der Waals surface area contributed by atoms with E-state index >= 15 is 0 Å². The van der Waals surface area contributed by atoms with Gasteiger partial charge in [-0.1, -0.05) is 206 Å². The van der Waals surface area contributed by atoms with Crippen molar-refractivity contribution in [3.8, 4) is 49.6 Å². The van der Waals surface area contributed by atoms with Crippen LogP contribution in [0.5, 0.6) is 0 Å². The number of pyridine rings is 1. The van der Waals surface area contributed by atoms with Crippen LogP contribution in [0.4, 0.5) is 0 Å². The lowest BCUT2D eigenvalue weighted by Crippen LogP contribution is -2.31. The van der Waals surface area contributed by atoms with E-state index in [1.165, 1.54) is 58.8 Å². The van der Waals surface area contributed by atoms with E-state index in [2.05, 4.69) is 246 Å². The van der Waals surface area contributed by atoms with Gasteiger partial charge in [-0.15, -0.1) is 11.3 Å². The summed E-state index contributed by atoms with van der Waals surface area (Å²) in [5.41, 5.74) is 16.7. The molecule has 9 aromatic carbocycles. The molecule has 4 heterocycles. The Morgan fingerprint density at radius 1 is 0.441 bits per heavy atom. The van der Waals surface area contributed by atoms with Crippen molar-refractivity contribution in [2.24, 2.45) is 4.99 Å². The van der Waals surface area contributed by atoms with E-state index in [1.807, 2.05) is 17.4 Å². The van der Waals surface area contributed by atoms with E-state index in [0.717, 1.165) is 61.8 Å². The second-order valence-electron chi connectivity index (χ2n) is 17.3. The molecule has 0 aliphatic carbocycles. The third-order valence-corrected chi connectivity index (χ3v) is 14.5. The first-order chi connectivity index (χ1) is 33.7. The molecule has 13 rings (SSSR count). The third-order valence-electron chi connectivity index (χ3n) is 13.3. The molecule has 5 heteroatoms. The Balaban J connectivity index is 0.864. The van der Waals surface area contributed by atoms with Crippen LogP contribution in [0, 0.1) is 0 Å². The van der Waals surface area contributed by atoms with Gasteiger partial charge < -0.3 is 9.88 Å². The van der Waals surface area contributed by atoms with Crippen LogP contribution >= 0.6 is 11.3 Å². The minimum absolute atomic E-state index is 0.109. The quantitative estimate of drug-likeness (QED) is 0.165. The zero-order valence-corrected chi connectivity index (χ0v) is 37.7. The van der Waals surface area contributed by atoms with Crippen molar-refractivity contribution in [1.82, 2.24) is 14.9 Å². The number of fused-ring (bicyclic) bond motifs is 6. The van der Waals surface area contributed by atoms with Gasteiger partial charge in [0, 0.05) is 53.5 Å². The lowest BCUT2D eigenvalue weighted by atomic mass is 9.94. The molecule has 0 fully saturated rings. The first-order valence-electron chi connectivity index (χ1n) is 23.1. The number of aliphatic imine (C=N–C) groups is 1. The Labute approximate surface area is 398 Å². The van der Waals surface area contributed by atoms with Crippen LogP contribution < -0.4 is 5.32 Å². The fraction of sp³-hybridized carbons (Fsp3) is 0.0159. The number of nitrogens with zero attached hydrogens (tertiary/aromatic N) is 3. The van der Waals surface area contributed by atoms with Gasteiger partial charge in [-0.25, -0.2) is 9.98 Å². The normalized spacial score (nSPS) is 13.7. The lowest BCUT2D eigenvalue weighted by molar-refractivity contribution is 0.780. The predicted molar refractivity (Wildman–Crippen MR) is 286 cm³/mol. The standard InChI is InChI=1S/C63H42N4S/c1-4-17-44(18-5-1)58-59-60(64-53-28-13-10-27-52(53)62(59)68-61(58)46-19-6-2-7-20-46)45-37-33-42(34-38-45)41-31-35-43(36-32-41)54-40-55(66-63(65-54)47-21-8-3-9-22-47)48-23-16-24-49(39-48)67-56-29-14-11-25-50(56)51-26-12-15-30-57(51)67/h1-40,55H,(H,65,66). The van der Waals surface area contributed by atoms with E-state index in [4.69, 9.17) is 9.98 Å². The highest BCUT2D eigenvalue weighted by Gasteiger charge is 2.24. The number of nitrogens with one attached hydrogen (secondary N) is 1. The summed E-state index contributed by atoms with van der Waals surface area (Å²) in [5.74, 6) is 0.850. The van der Waals surface area contributed by atoms with Crippen molar-refractivity contribution >= 4 is 65.7 Å². The predicted octanol–water partition coefficient (Wildman–Crippen LogP) is 16.3. The number of para-hydroxylation sites is 3. The van der Waals surface area contributed by atoms with Crippen LogP contribution in [0.2, 0.25) is 0 Å². The van der Waals surface area contributed by atoms with Crippen LogP contribution in [0.15, 0.2) is 248 Å².